The zero-order valence-electron chi connectivity index (χ0n) is 20.0. The minimum Gasteiger partial charge on any atom is -0.490 e. The van der Waals surface area contributed by atoms with Crippen LogP contribution in [0.2, 0.25) is 0 Å². The number of benzene rings is 2. The fraction of sp³-hybridized carbons (Fsp3) is 0.321. The molecule has 2 aromatic carbocycles. The number of nitrogens with zero attached hydrogens (tertiary/aromatic N) is 2. The average Bonchev–Trinajstić information content (AvgIpc) is 2.92. The van der Waals surface area contributed by atoms with Crippen molar-refractivity contribution in [1.82, 2.24) is 15.2 Å². The second-order valence-corrected chi connectivity index (χ2v) is 8.40. The van der Waals surface area contributed by atoms with Crippen LogP contribution < -0.4 is 14.8 Å². The number of carbonyl (C=O) groups excluding carboxylic acids is 2. The summed E-state index contributed by atoms with van der Waals surface area (Å²) in [6, 6.07) is 20.0. The van der Waals surface area contributed by atoms with Crippen molar-refractivity contribution in [3.05, 3.63) is 89.7 Å². The first kappa shape index (κ1) is 24.3. The molecule has 0 saturated carbocycles. The minimum atomic E-state index is -0.404. The van der Waals surface area contributed by atoms with Gasteiger partial charge in [0.25, 0.3) is 11.8 Å². The Morgan fingerprint density at radius 3 is 2.43 bits per heavy atom. The molecule has 1 aliphatic rings. The number of rotatable bonds is 9. The lowest BCUT2D eigenvalue weighted by Crippen LogP contribution is -2.38. The van der Waals surface area contributed by atoms with Crippen LogP contribution in [0, 0.1) is 0 Å². The third-order valence-corrected chi connectivity index (χ3v) is 5.96. The fourth-order valence-corrected chi connectivity index (χ4v) is 4.15. The van der Waals surface area contributed by atoms with E-state index in [1.165, 1.54) is 0 Å². The van der Waals surface area contributed by atoms with Gasteiger partial charge in [0.2, 0.25) is 0 Å². The molecule has 2 amide bonds. The smallest absolute Gasteiger partial charge is 0.260 e. The highest BCUT2D eigenvalue weighted by Crippen LogP contribution is 2.29. The number of amides is 2. The van der Waals surface area contributed by atoms with Crippen molar-refractivity contribution in [3.63, 3.8) is 0 Å². The molecule has 7 heteroatoms. The van der Waals surface area contributed by atoms with Gasteiger partial charge in [-0.2, -0.15) is 0 Å². The van der Waals surface area contributed by atoms with Crippen molar-refractivity contribution in [2.75, 3.05) is 26.3 Å². The Balaban J connectivity index is 1.49. The topological polar surface area (TPSA) is 80.8 Å². The van der Waals surface area contributed by atoms with E-state index < -0.39 is 6.04 Å². The molecule has 1 aromatic heterocycles. The largest absolute Gasteiger partial charge is 0.490 e. The van der Waals surface area contributed by atoms with E-state index >= 15 is 0 Å². The molecule has 2 heterocycles. The first-order valence-electron chi connectivity index (χ1n) is 12.1. The van der Waals surface area contributed by atoms with Crippen LogP contribution in [-0.4, -0.2) is 48.0 Å². The summed E-state index contributed by atoms with van der Waals surface area (Å²) in [5.41, 5.74) is 2.11. The minimum absolute atomic E-state index is 0.0324. The van der Waals surface area contributed by atoms with E-state index in [1.807, 2.05) is 60.4 Å². The molecule has 1 fully saturated rings. The Hall–Kier alpha value is -3.87. The molecular weight excluding hydrogens is 442 g/mol. The van der Waals surface area contributed by atoms with Gasteiger partial charge in [-0.25, -0.2) is 0 Å². The number of likely N-dealkylation sites (tertiary alicyclic amines) is 1. The lowest BCUT2D eigenvalue weighted by atomic mass is 10.0. The summed E-state index contributed by atoms with van der Waals surface area (Å²) >= 11 is 0. The van der Waals surface area contributed by atoms with Crippen LogP contribution in [0.1, 0.15) is 53.8 Å². The predicted molar refractivity (Wildman–Crippen MR) is 134 cm³/mol. The summed E-state index contributed by atoms with van der Waals surface area (Å²) < 4.78 is 11.5. The molecule has 0 bridgehead atoms. The molecule has 1 unspecified atom stereocenters. The van der Waals surface area contributed by atoms with Crippen LogP contribution >= 0.6 is 0 Å². The Morgan fingerprint density at radius 2 is 1.71 bits per heavy atom. The van der Waals surface area contributed by atoms with Crippen molar-refractivity contribution in [1.29, 1.82) is 0 Å². The summed E-state index contributed by atoms with van der Waals surface area (Å²) in [4.78, 5) is 32.0. The molecule has 35 heavy (non-hydrogen) atoms. The number of pyridine rings is 1. The van der Waals surface area contributed by atoms with E-state index in [0.717, 1.165) is 43.6 Å². The normalized spacial score (nSPS) is 14.1. The third-order valence-electron chi connectivity index (χ3n) is 5.96. The predicted octanol–water partition coefficient (Wildman–Crippen LogP) is 4.39. The molecule has 1 saturated heterocycles. The molecular formula is C28H31N3O4. The van der Waals surface area contributed by atoms with Crippen molar-refractivity contribution in [2.24, 2.45) is 0 Å². The van der Waals surface area contributed by atoms with Crippen LogP contribution in [-0.2, 0) is 4.79 Å². The van der Waals surface area contributed by atoms with E-state index in [4.69, 9.17) is 9.47 Å². The van der Waals surface area contributed by atoms with Crippen LogP contribution in [0.4, 0.5) is 0 Å². The molecule has 4 rings (SSSR count). The van der Waals surface area contributed by atoms with Gasteiger partial charge in [-0.1, -0.05) is 36.4 Å². The molecule has 3 aromatic rings. The highest BCUT2D eigenvalue weighted by molar-refractivity contribution is 5.95. The number of carbonyl (C=O) groups is 2. The second-order valence-electron chi connectivity index (χ2n) is 8.40. The SMILES string of the molecule is CCOc1cc(C(=O)NC(c2ccccc2)c2ccccn2)ccc1OCC(=O)N1CCCCC1. The highest BCUT2D eigenvalue weighted by atomic mass is 16.5. The Bertz CT molecular complexity index is 1080. The van der Waals surface area contributed by atoms with Gasteiger partial charge >= 0.3 is 0 Å². The number of nitrogens with one attached hydrogen (secondary N) is 1. The van der Waals surface area contributed by atoms with Crippen LogP contribution in [0.15, 0.2) is 72.9 Å². The van der Waals surface area contributed by atoms with E-state index in [1.54, 1.807) is 24.4 Å². The van der Waals surface area contributed by atoms with Crippen molar-refractivity contribution < 1.29 is 19.1 Å². The Labute approximate surface area is 206 Å². The molecule has 0 aliphatic carbocycles. The summed E-state index contributed by atoms with van der Waals surface area (Å²) in [5, 5.41) is 3.09. The molecule has 1 aliphatic heterocycles. The number of hydrogen-bond donors (Lipinski definition) is 1. The van der Waals surface area contributed by atoms with Crippen LogP contribution in [0.25, 0.3) is 0 Å². The average molecular weight is 474 g/mol. The lowest BCUT2D eigenvalue weighted by Gasteiger charge is -2.26. The van der Waals surface area contributed by atoms with Gasteiger partial charge in [-0.15, -0.1) is 0 Å². The van der Waals surface area contributed by atoms with Gasteiger partial charge in [0.1, 0.15) is 0 Å². The van der Waals surface area contributed by atoms with E-state index in [2.05, 4.69) is 10.3 Å². The number of aromatic nitrogens is 1. The maximum atomic E-state index is 13.2. The summed E-state index contributed by atoms with van der Waals surface area (Å²) in [5.74, 6) is 0.579. The molecule has 7 nitrogen and oxygen atoms in total. The lowest BCUT2D eigenvalue weighted by molar-refractivity contribution is -0.134. The Morgan fingerprint density at radius 1 is 0.943 bits per heavy atom. The quantitative estimate of drug-likeness (QED) is 0.499. The molecule has 182 valence electrons. The first-order valence-corrected chi connectivity index (χ1v) is 12.1. The number of hydrogen-bond acceptors (Lipinski definition) is 5. The number of ether oxygens (including phenoxy) is 2. The summed E-state index contributed by atoms with van der Waals surface area (Å²) in [6.07, 6.45) is 4.93. The zero-order valence-corrected chi connectivity index (χ0v) is 20.0. The maximum Gasteiger partial charge on any atom is 0.260 e. The fourth-order valence-electron chi connectivity index (χ4n) is 4.15. The van der Waals surface area contributed by atoms with Crippen LogP contribution in [0.3, 0.4) is 0 Å². The second kappa shape index (κ2) is 12.0. The standard InChI is InChI=1S/C28H31N3O4/c1-2-34-25-19-22(14-15-24(25)35-20-26(32)31-17-9-4-10-18-31)28(33)30-27(21-11-5-3-6-12-21)23-13-7-8-16-29-23/h3,5-8,11-16,19,27H,2,4,9-10,17-18,20H2,1H3,(H,30,33). The maximum absolute atomic E-state index is 13.2. The Kier molecular flexibility index (Phi) is 8.33. The van der Waals surface area contributed by atoms with Gasteiger partial charge in [0.15, 0.2) is 18.1 Å². The van der Waals surface area contributed by atoms with E-state index in [9.17, 15) is 9.59 Å². The zero-order chi connectivity index (χ0) is 24.5. The van der Waals surface area contributed by atoms with E-state index in [-0.39, 0.29) is 18.4 Å². The molecule has 1 atom stereocenters. The van der Waals surface area contributed by atoms with Gasteiger partial charge in [0, 0.05) is 24.8 Å². The van der Waals surface area contributed by atoms with Gasteiger partial charge in [0.05, 0.1) is 18.3 Å². The number of piperidine rings is 1. The first-order chi connectivity index (χ1) is 17.2. The summed E-state index contributed by atoms with van der Waals surface area (Å²) in [6.45, 7) is 3.77. The third kappa shape index (κ3) is 6.38. The highest BCUT2D eigenvalue weighted by Gasteiger charge is 2.21. The molecule has 1 N–H and O–H groups in total. The molecule has 0 spiro atoms. The van der Waals surface area contributed by atoms with Gasteiger partial charge < -0.3 is 19.7 Å². The van der Waals surface area contributed by atoms with Crippen LogP contribution in [0.5, 0.6) is 11.5 Å². The van der Waals surface area contributed by atoms with Gasteiger partial charge in [-0.3, -0.25) is 14.6 Å². The van der Waals surface area contributed by atoms with Crippen molar-refractivity contribution >= 4 is 11.8 Å². The van der Waals surface area contributed by atoms with Gasteiger partial charge in [-0.05, 0) is 62.1 Å². The molecule has 0 radical (unpaired) electrons. The monoisotopic (exact) mass is 473 g/mol. The van der Waals surface area contributed by atoms with Crippen molar-refractivity contribution in [2.45, 2.75) is 32.2 Å². The summed E-state index contributed by atoms with van der Waals surface area (Å²) in [7, 11) is 0. The van der Waals surface area contributed by atoms with E-state index in [0.29, 0.717) is 23.7 Å². The van der Waals surface area contributed by atoms with Crippen molar-refractivity contribution in [3.8, 4) is 11.5 Å².